The molecule has 3 aromatic rings. The summed E-state index contributed by atoms with van der Waals surface area (Å²) in [5.41, 5.74) is -0.719. The molecule has 2 N–H and O–H groups in total. The number of H-pyrrole nitrogens is 1. The van der Waals surface area contributed by atoms with Crippen LogP contribution in [0.1, 0.15) is 39.4 Å². The number of benzene rings is 1. The zero-order valence-corrected chi connectivity index (χ0v) is 16.2. The van der Waals surface area contributed by atoms with Gasteiger partial charge in [-0.2, -0.15) is 13.2 Å². The minimum absolute atomic E-state index is 0.0309. The number of nitrogens with one attached hydrogen (secondary N) is 2. The standard InChI is InChI=1S/C21H17F3N4O3/c1-12-11-28(14-4-2-13(3-5-14)21(22,23)24)20(31)18-15(7-9-27(12)18)19(30)26-16-10-25-8-6-17(16)29/h2-10,12H,11H2,1H3,(H,25,29)(H,26,30)/t12-/m0/s1. The van der Waals surface area contributed by atoms with Gasteiger partial charge in [0.25, 0.3) is 11.8 Å². The zero-order chi connectivity index (χ0) is 22.3. The van der Waals surface area contributed by atoms with Crippen LogP contribution in [-0.2, 0) is 6.18 Å². The van der Waals surface area contributed by atoms with Gasteiger partial charge in [0.05, 0.1) is 11.1 Å². The predicted molar refractivity (Wildman–Crippen MR) is 107 cm³/mol. The largest absolute Gasteiger partial charge is 0.416 e. The highest BCUT2D eigenvalue weighted by molar-refractivity contribution is 6.16. The molecule has 1 aromatic carbocycles. The van der Waals surface area contributed by atoms with E-state index in [4.69, 9.17) is 0 Å². The third kappa shape index (κ3) is 3.72. The van der Waals surface area contributed by atoms with Gasteiger partial charge in [0, 0.05) is 42.9 Å². The average molecular weight is 430 g/mol. The van der Waals surface area contributed by atoms with Crippen LogP contribution in [0.25, 0.3) is 0 Å². The summed E-state index contributed by atoms with van der Waals surface area (Å²) >= 11 is 0. The third-order valence-electron chi connectivity index (χ3n) is 5.11. The van der Waals surface area contributed by atoms with Gasteiger partial charge in [0.1, 0.15) is 11.4 Å². The van der Waals surface area contributed by atoms with Gasteiger partial charge >= 0.3 is 6.18 Å². The molecule has 7 nitrogen and oxygen atoms in total. The van der Waals surface area contributed by atoms with Crippen molar-refractivity contribution in [3.05, 3.63) is 82.0 Å². The molecule has 1 aliphatic rings. The summed E-state index contributed by atoms with van der Waals surface area (Å²) in [6, 6.07) is 6.80. The summed E-state index contributed by atoms with van der Waals surface area (Å²) in [6.45, 7) is 2.06. The van der Waals surface area contributed by atoms with Crippen molar-refractivity contribution in [1.29, 1.82) is 0 Å². The maximum absolute atomic E-state index is 13.2. The second-order valence-corrected chi connectivity index (χ2v) is 7.17. The van der Waals surface area contributed by atoms with Crippen molar-refractivity contribution in [3.63, 3.8) is 0 Å². The Morgan fingerprint density at radius 1 is 1.13 bits per heavy atom. The SMILES string of the molecule is C[C@H]1CN(c2ccc(C(F)(F)F)cc2)C(=O)c2c(C(=O)Nc3c[nH]ccc3=O)ccn21. The van der Waals surface area contributed by atoms with Crippen molar-refractivity contribution >= 4 is 23.2 Å². The molecule has 0 saturated heterocycles. The number of rotatable bonds is 3. The lowest BCUT2D eigenvalue weighted by atomic mass is 10.1. The van der Waals surface area contributed by atoms with Crippen LogP contribution in [0.5, 0.6) is 0 Å². The quantitative estimate of drug-likeness (QED) is 0.665. The molecule has 0 spiro atoms. The molecule has 4 rings (SSSR count). The minimum atomic E-state index is -4.48. The van der Waals surface area contributed by atoms with Gasteiger partial charge in [-0.15, -0.1) is 0 Å². The summed E-state index contributed by atoms with van der Waals surface area (Å²) in [7, 11) is 0. The Morgan fingerprint density at radius 2 is 1.84 bits per heavy atom. The number of alkyl halides is 3. The van der Waals surface area contributed by atoms with E-state index in [1.54, 1.807) is 10.8 Å². The Hall–Kier alpha value is -3.82. The number of pyridine rings is 1. The first-order valence-corrected chi connectivity index (χ1v) is 9.35. The lowest BCUT2D eigenvalue weighted by Crippen LogP contribution is -2.43. The number of nitrogens with zero attached hydrogens (tertiary/aromatic N) is 2. The molecule has 3 heterocycles. The normalized spacial score (nSPS) is 16.2. The number of fused-ring (bicyclic) bond motifs is 1. The summed E-state index contributed by atoms with van der Waals surface area (Å²) in [6.07, 6.45) is -0.119. The first-order chi connectivity index (χ1) is 14.7. The Balaban J connectivity index is 1.66. The first-order valence-electron chi connectivity index (χ1n) is 9.35. The lowest BCUT2D eigenvalue weighted by Gasteiger charge is -2.33. The van der Waals surface area contributed by atoms with Crippen molar-refractivity contribution in [2.24, 2.45) is 0 Å². The van der Waals surface area contributed by atoms with E-state index in [1.807, 2.05) is 6.92 Å². The summed E-state index contributed by atoms with van der Waals surface area (Å²) in [5.74, 6) is -1.16. The number of hydrogen-bond acceptors (Lipinski definition) is 3. The van der Waals surface area contributed by atoms with Crippen LogP contribution in [-0.4, -0.2) is 27.9 Å². The number of halogens is 3. The molecule has 0 bridgehead atoms. The molecule has 0 aliphatic carbocycles. The Bertz CT molecular complexity index is 1210. The summed E-state index contributed by atoms with van der Waals surface area (Å²) in [5, 5.41) is 2.49. The maximum Gasteiger partial charge on any atom is 0.416 e. The van der Waals surface area contributed by atoms with Crippen LogP contribution in [0.15, 0.2) is 59.8 Å². The van der Waals surface area contributed by atoms with Crippen molar-refractivity contribution in [3.8, 4) is 0 Å². The minimum Gasteiger partial charge on any atom is -0.366 e. The topological polar surface area (TPSA) is 87.2 Å². The van der Waals surface area contributed by atoms with E-state index in [0.717, 1.165) is 12.1 Å². The molecule has 0 radical (unpaired) electrons. The molecular formula is C21H17F3N4O3. The molecular weight excluding hydrogens is 413 g/mol. The second kappa shape index (κ2) is 7.46. The number of anilines is 2. The molecule has 31 heavy (non-hydrogen) atoms. The molecule has 10 heteroatoms. The molecule has 2 amide bonds. The first kappa shape index (κ1) is 20.5. The molecule has 0 fully saturated rings. The van der Waals surface area contributed by atoms with Crippen LogP contribution in [0.2, 0.25) is 0 Å². The van der Waals surface area contributed by atoms with Crippen LogP contribution >= 0.6 is 0 Å². The third-order valence-corrected chi connectivity index (χ3v) is 5.11. The monoisotopic (exact) mass is 430 g/mol. The number of aromatic amines is 1. The van der Waals surface area contributed by atoms with Gasteiger partial charge in [-0.1, -0.05) is 0 Å². The zero-order valence-electron chi connectivity index (χ0n) is 16.2. The van der Waals surface area contributed by atoms with E-state index in [1.165, 1.54) is 41.6 Å². The highest BCUT2D eigenvalue weighted by atomic mass is 19.4. The Kier molecular flexibility index (Phi) is 4.92. The number of carbonyl (C=O) groups is 2. The highest BCUT2D eigenvalue weighted by Crippen LogP contribution is 2.33. The van der Waals surface area contributed by atoms with Crippen LogP contribution in [0, 0.1) is 0 Å². The fraction of sp³-hybridized carbons (Fsp3) is 0.190. The molecule has 0 unspecified atom stereocenters. The van der Waals surface area contributed by atoms with Gasteiger partial charge in [-0.25, -0.2) is 0 Å². The van der Waals surface area contributed by atoms with E-state index >= 15 is 0 Å². The van der Waals surface area contributed by atoms with Gasteiger partial charge in [0.15, 0.2) is 0 Å². The van der Waals surface area contributed by atoms with Crippen LogP contribution < -0.4 is 15.6 Å². The van der Waals surface area contributed by atoms with Crippen molar-refractivity contribution < 1.29 is 22.8 Å². The molecule has 1 aliphatic heterocycles. The van der Waals surface area contributed by atoms with E-state index in [2.05, 4.69) is 10.3 Å². The van der Waals surface area contributed by atoms with Gasteiger partial charge < -0.3 is 19.8 Å². The molecule has 160 valence electrons. The van der Waals surface area contributed by atoms with Crippen molar-refractivity contribution in [1.82, 2.24) is 9.55 Å². The number of carbonyl (C=O) groups excluding carboxylic acids is 2. The van der Waals surface area contributed by atoms with Crippen LogP contribution in [0.4, 0.5) is 24.5 Å². The average Bonchev–Trinajstić information content (AvgIpc) is 3.18. The molecule has 0 saturated carbocycles. The number of aromatic nitrogens is 2. The van der Waals surface area contributed by atoms with Crippen molar-refractivity contribution in [2.75, 3.05) is 16.8 Å². The smallest absolute Gasteiger partial charge is 0.366 e. The Morgan fingerprint density at radius 3 is 2.48 bits per heavy atom. The van der Waals surface area contributed by atoms with Gasteiger partial charge in [0.2, 0.25) is 5.43 Å². The van der Waals surface area contributed by atoms with Crippen molar-refractivity contribution in [2.45, 2.75) is 19.1 Å². The van der Waals surface area contributed by atoms with Gasteiger partial charge in [-0.3, -0.25) is 14.4 Å². The fourth-order valence-corrected chi connectivity index (χ4v) is 3.54. The Labute approximate surface area is 174 Å². The summed E-state index contributed by atoms with van der Waals surface area (Å²) < 4.78 is 40.2. The van der Waals surface area contributed by atoms with Gasteiger partial charge in [-0.05, 0) is 37.3 Å². The van der Waals surface area contributed by atoms with E-state index in [0.29, 0.717) is 5.69 Å². The van der Waals surface area contributed by atoms with Crippen LogP contribution in [0.3, 0.4) is 0 Å². The molecule has 2 aromatic heterocycles. The highest BCUT2D eigenvalue weighted by Gasteiger charge is 2.35. The second-order valence-electron chi connectivity index (χ2n) is 7.17. The molecule has 1 atom stereocenters. The predicted octanol–water partition coefficient (Wildman–Crippen LogP) is 3.67. The van der Waals surface area contributed by atoms with E-state index in [9.17, 15) is 27.6 Å². The number of hydrogen-bond donors (Lipinski definition) is 2. The maximum atomic E-state index is 13.2. The van der Waals surface area contributed by atoms with E-state index in [-0.39, 0.29) is 29.5 Å². The lowest BCUT2D eigenvalue weighted by molar-refractivity contribution is -0.137. The number of amides is 2. The summed E-state index contributed by atoms with van der Waals surface area (Å²) in [4.78, 5) is 41.9. The fourth-order valence-electron chi connectivity index (χ4n) is 3.54. The van der Waals surface area contributed by atoms with E-state index < -0.39 is 29.0 Å².